The van der Waals surface area contributed by atoms with Crippen molar-refractivity contribution in [3.63, 3.8) is 0 Å². The molecule has 0 bridgehead atoms. The summed E-state index contributed by atoms with van der Waals surface area (Å²) in [5, 5.41) is 14.2. The molecule has 0 fully saturated rings. The molecule has 0 aliphatic carbocycles. The highest BCUT2D eigenvalue weighted by atomic mass is 127. The van der Waals surface area contributed by atoms with Gasteiger partial charge in [0.15, 0.2) is 5.75 Å². The summed E-state index contributed by atoms with van der Waals surface area (Å²) in [7, 11) is 3.96. The first-order valence-corrected chi connectivity index (χ1v) is 8.46. The summed E-state index contributed by atoms with van der Waals surface area (Å²) in [6.07, 6.45) is 0. The first-order chi connectivity index (χ1) is 12.3. The Hall–Kier alpha value is -2.56. The minimum atomic E-state index is -0.686. The van der Waals surface area contributed by atoms with Gasteiger partial charge in [-0.05, 0) is 47.2 Å². The van der Waals surface area contributed by atoms with Gasteiger partial charge in [0, 0.05) is 15.3 Å². The normalized spacial score (nSPS) is 10.2. The second kappa shape index (κ2) is 8.21. The Morgan fingerprint density at radius 1 is 1.12 bits per heavy atom. The van der Waals surface area contributed by atoms with Crippen LogP contribution in [0.3, 0.4) is 0 Å². The molecule has 0 heterocycles. The molecule has 0 saturated carbocycles. The lowest BCUT2D eigenvalue weighted by Gasteiger charge is -2.15. The van der Waals surface area contributed by atoms with E-state index in [9.17, 15) is 14.9 Å². The Balaban J connectivity index is 2.57. The molecule has 1 N–H and O–H groups in total. The number of ether oxygens (including phenoxy) is 3. The average molecular weight is 472 g/mol. The fourth-order valence-electron chi connectivity index (χ4n) is 2.36. The maximum absolute atomic E-state index is 12.7. The van der Waals surface area contributed by atoms with Crippen LogP contribution < -0.4 is 19.5 Å². The number of carbonyl (C=O) groups is 1. The topological polar surface area (TPSA) is 99.9 Å². The lowest BCUT2D eigenvalue weighted by molar-refractivity contribution is -0.386. The summed E-state index contributed by atoms with van der Waals surface area (Å²) in [5.41, 5.74) is 0.889. The van der Waals surface area contributed by atoms with Crippen molar-refractivity contribution in [3.05, 3.63) is 49.1 Å². The maximum atomic E-state index is 12.7. The van der Waals surface area contributed by atoms with Gasteiger partial charge in [0.25, 0.3) is 5.91 Å². The van der Waals surface area contributed by atoms with Gasteiger partial charge in [0.05, 0.1) is 26.3 Å². The number of benzene rings is 2. The molecule has 0 unspecified atom stereocenters. The average Bonchev–Trinajstić information content (AvgIpc) is 2.62. The highest BCUT2D eigenvalue weighted by Crippen LogP contribution is 2.46. The molecule has 2 rings (SSSR count). The van der Waals surface area contributed by atoms with Crippen LogP contribution in [0.15, 0.2) is 24.3 Å². The number of anilines is 1. The van der Waals surface area contributed by atoms with Gasteiger partial charge < -0.3 is 19.5 Å². The molecular weight excluding hydrogens is 455 g/mol. The Bertz CT molecular complexity index is 869. The van der Waals surface area contributed by atoms with Crippen molar-refractivity contribution in [2.24, 2.45) is 0 Å². The van der Waals surface area contributed by atoms with Gasteiger partial charge in [0.1, 0.15) is 5.56 Å². The monoisotopic (exact) mass is 472 g/mol. The molecule has 0 aliphatic rings. The maximum Gasteiger partial charge on any atom is 0.327 e. The number of nitro groups is 1. The molecule has 0 atom stereocenters. The van der Waals surface area contributed by atoms with Crippen molar-refractivity contribution < 1.29 is 23.9 Å². The Kier molecular flexibility index (Phi) is 6.24. The molecule has 0 radical (unpaired) electrons. The molecule has 0 saturated heterocycles. The highest BCUT2D eigenvalue weighted by Gasteiger charge is 2.32. The standard InChI is InChI=1S/C17H17IN2O6/c1-9-5-6-10(7-12(9)18)19-17(21)11-8-13(24-2)15(25-3)16(26-4)14(11)20(22)23/h5-8H,1-4H3,(H,19,21). The molecule has 26 heavy (non-hydrogen) atoms. The summed E-state index contributed by atoms with van der Waals surface area (Å²) in [5.74, 6) is -0.641. The number of carbonyl (C=O) groups excluding carboxylic acids is 1. The van der Waals surface area contributed by atoms with Gasteiger partial charge in [-0.3, -0.25) is 14.9 Å². The number of amides is 1. The van der Waals surface area contributed by atoms with Crippen LogP contribution in [0.4, 0.5) is 11.4 Å². The molecular formula is C17H17IN2O6. The van der Waals surface area contributed by atoms with E-state index in [0.717, 1.165) is 9.13 Å². The van der Waals surface area contributed by atoms with Gasteiger partial charge in [-0.2, -0.15) is 0 Å². The van der Waals surface area contributed by atoms with E-state index in [4.69, 9.17) is 14.2 Å². The van der Waals surface area contributed by atoms with E-state index in [1.807, 2.05) is 13.0 Å². The summed E-state index contributed by atoms with van der Waals surface area (Å²) in [6, 6.07) is 6.60. The molecule has 2 aromatic carbocycles. The van der Waals surface area contributed by atoms with Crippen molar-refractivity contribution in [2.75, 3.05) is 26.6 Å². The molecule has 0 aromatic heterocycles. The number of nitrogens with zero attached hydrogens (tertiary/aromatic N) is 1. The Morgan fingerprint density at radius 3 is 2.27 bits per heavy atom. The van der Waals surface area contributed by atoms with Gasteiger partial charge >= 0.3 is 5.69 Å². The zero-order valence-corrected chi connectivity index (χ0v) is 16.7. The van der Waals surface area contributed by atoms with Crippen LogP contribution in [0.5, 0.6) is 17.2 Å². The number of nitro benzene ring substituents is 1. The van der Waals surface area contributed by atoms with Gasteiger partial charge in [-0.1, -0.05) is 6.07 Å². The molecule has 8 nitrogen and oxygen atoms in total. The molecule has 9 heteroatoms. The number of hydrogen-bond acceptors (Lipinski definition) is 6. The number of rotatable bonds is 6. The summed E-state index contributed by atoms with van der Waals surface area (Å²) in [6.45, 7) is 1.94. The second-order valence-electron chi connectivity index (χ2n) is 5.22. The van der Waals surface area contributed by atoms with E-state index in [-0.39, 0.29) is 22.8 Å². The zero-order valence-electron chi connectivity index (χ0n) is 14.6. The van der Waals surface area contributed by atoms with Gasteiger partial charge in [0.2, 0.25) is 11.5 Å². The zero-order chi connectivity index (χ0) is 19.4. The molecule has 2 aromatic rings. The molecule has 1 amide bonds. The number of methoxy groups -OCH3 is 3. The number of halogens is 1. The minimum absolute atomic E-state index is 0.0446. The first kappa shape index (κ1) is 19.8. The smallest absolute Gasteiger partial charge is 0.327 e. The molecule has 0 aliphatic heterocycles. The highest BCUT2D eigenvalue weighted by molar-refractivity contribution is 14.1. The lowest BCUT2D eigenvalue weighted by Crippen LogP contribution is -2.15. The van der Waals surface area contributed by atoms with Crippen molar-refractivity contribution in [2.45, 2.75) is 6.92 Å². The largest absolute Gasteiger partial charge is 0.493 e. The van der Waals surface area contributed by atoms with E-state index in [1.165, 1.54) is 27.4 Å². The quantitative estimate of drug-likeness (QED) is 0.390. The van der Waals surface area contributed by atoms with E-state index >= 15 is 0 Å². The third kappa shape index (κ3) is 3.82. The van der Waals surface area contributed by atoms with Crippen molar-refractivity contribution in [3.8, 4) is 17.2 Å². The lowest BCUT2D eigenvalue weighted by atomic mass is 10.1. The predicted octanol–water partition coefficient (Wildman–Crippen LogP) is 3.79. The fourth-order valence-corrected chi connectivity index (χ4v) is 2.88. The minimum Gasteiger partial charge on any atom is -0.493 e. The molecule has 0 spiro atoms. The SMILES string of the molecule is COc1cc(C(=O)Nc2ccc(C)c(I)c2)c([N+](=O)[O-])c(OC)c1OC. The van der Waals surface area contributed by atoms with E-state index in [0.29, 0.717) is 5.69 Å². The number of hydrogen-bond donors (Lipinski definition) is 1. The third-order valence-corrected chi connectivity index (χ3v) is 4.82. The van der Waals surface area contributed by atoms with Crippen LogP contribution in [0.1, 0.15) is 15.9 Å². The van der Waals surface area contributed by atoms with Crippen LogP contribution >= 0.6 is 22.6 Å². The van der Waals surface area contributed by atoms with E-state index < -0.39 is 16.5 Å². The van der Waals surface area contributed by atoms with Crippen LogP contribution in [0, 0.1) is 20.6 Å². The van der Waals surface area contributed by atoms with E-state index in [2.05, 4.69) is 27.9 Å². The van der Waals surface area contributed by atoms with Crippen molar-refractivity contribution in [1.82, 2.24) is 0 Å². The first-order valence-electron chi connectivity index (χ1n) is 7.38. The fraction of sp³-hybridized carbons (Fsp3) is 0.235. The van der Waals surface area contributed by atoms with Gasteiger partial charge in [-0.25, -0.2) is 0 Å². The van der Waals surface area contributed by atoms with E-state index in [1.54, 1.807) is 12.1 Å². The Morgan fingerprint density at radius 2 is 1.77 bits per heavy atom. The summed E-state index contributed by atoms with van der Waals surface area (Å²) >= 11 is 2.14. The van der Waals surface area contributed by atoms with Gasteiger partial charge in [-0.15, -0.1) is 0 Å². The summed E-state index contributed by atoms with van der Waals surface area (Å²) in [4.78, 5) is 23.6. The number of nitrogens with one attached hydrogen (secondary N) is 1. The summed E-state index contributed by atoms with van der Waals surface area (Å²) < 4.78 is 16.4. The van der Waals surface area contributed by atoms with Crippen molar-refractivity contribution in [1.29, 1.82) is 0 Å². The van der Waals surface area contributed by atoms with Crippen LogP contribution in [-0.4, -0.2) is 32.2 Å². The third-order valence-electron chi connectivity index (χ3n) is 3.66. The molecule has 138 valence electrons. The predicted molar refractivity (Wildman–Crippen MR) is 105 cm³/mol. The van der Waals surface area contributed by atoms with Crippen molar-refractivity contribution >= 4 is 39.9 Å². The second-order valence-corrected chi connectivity index (χ2v) is 6.38. The number of aryl methyl sites for hydroxylation is 1. The van der Waals surface area contributed by atoms with Crippen LogP contribution in [0.25, 0.3) is 0 Å². The van der Waals surface area contributed by atoms with Crippen LogP contribution in [0.2, 0.25) is 0 Å². The van der Waals surface area contributed by atoms with Crippen LogP contribution in [-0.2, 0) is 0 Å². The Labute approximate surface area is 163 Å².